The second-order valence-electron chi connectivity index (χ2n) is 15.0. The molecule has 2 fully saturated rings. The highest BCUT2D eigenvalue weighted by Crippen LogP contribution is 2.43. The van der Waals surface area contributed by atoms with Crippen molar-refractivity contribution in [3.8, 4) is 0 Å². The molecule has 1 aromatic rings. The van der Waals surface area contributed by atoms with Gasteiger partial charge in [0.1, 0.15) is 0 Å². The van der Waals surface area contributed by atoms with Crippen molar-refractivity contribution in [2.45, 2.75) is 142 Å². The average Bonchev–Trinajstić information content (AvgIpc) is 2.79. The van der Waals surface area contributed by atoms with Gasteiger partial charge < -0.3 is 10.6 Å². The van der Waals surface area contributed by atoms with E-state index in [1.807, 2.05) is 0 Å². The van der Waals surface area contributed by atoms with Crippen molar-refractivity contribution in [1.29, 1.82) is 0 Å². The smallest absolute Gasteiger partial charge is 0.228 e. The fourth-order valence-corrected chi connectivity index (χ4v) is 7.75. The first kappa shape index (κ1) is 32.3. The van der Waals surface area contributed by atoms with Gasteiger partial charge in [-0.15, -0.1) is 0 Å². The van der Waals surface area contributed by atoms with Crippen LogP contribution in [0.1, 0.15) is 120 Å². The topological polar surface area (TPSA) is 69.2 Å². The van der Waals surface area contributed by atoms with Gasteiger partial charge in [-0.3, -0.25) is 9.80 Å². The van der Waals surface area contributed by atoms with Gasteiger partial charge in [-0.05, 0) is 131 Å². The van der Waals surface area contributed by atoms with Crippen molar-refractivity contribution in [2.24, 2.45) is 11.8 Å². The second-order valence-corrected chi connectivity index (χ2v) is 15.4. The van der Waals surface area contributed by atoms with Gasteiger partial charge in [0.25, 0.3) is 0 Å². The predicted molar refractivity (Wildman–Crippen MR) is 167 cm³/mol. The Morgan fingerprint density at radius 2 is 0.949 bits per heavy atom. The van der Waals surface area contributed by atoms with Crippen molar-refractivity contribution >= 4 is 23.5 Å². The maximum absolute atomic E-state index is 6.21. The molecule has 2 saturated heterocycles. The van der Waals surface area contributed by atoms with Gasteiger partial charge >= 0.3 is 0 Å². The third-order valence-corrected chi connectivity index (χ3v) is 10.2. The Bertz CT molecular complexity index is 823. The van der Waals surface area contributed by atoms with Crippen LogP contribution in [-0.4, -0.2) is 74.1 Å². The normalized spacial score (nSPS) is 23.6. The first-order valence-electron chi connectivity index (χ1n) is 15.4. The number of anilines is 2. The largest absolute Gasteiger partial charge is 0.354 e. The van der Waals surface area contributed by atoms with E-state index in [9.17, 15) is 0 Å². The first-order valence-corrected chi connectivity index (χ1v) is 15.8. The summed E-state index contributed by atoms with van der Waals surface area (Å²) in [5.41, 5.74) is 1.04. The van der Waals surface area contributed by atoms with Gasteiger partial charge in [-0.25, -0.2) is 0 Å². The molecule has 0 aromatic carbocycles. The lowest BCUT2D eigenvalue weighted by molar-refractivity contribution is -0.0323. The number of hydrogen-bond acceptors (Lipinski definition) is 7. The molecule has 3 rings (SSSR count). The third kappa shape index (κ3) is 8.90. The molecule has 0 atom stereocenters. The molecule has 0 bridgehead atoms. The summed E-state index contributed by atoms with van der Waals surface area (Å²) in [5.74, 6) is 2.70. The van der Waals surface area contributed by atoms with Crippen LogP contribution in [0.5, 0.6) is 0 Å². The zero-order chi connectivity index (χ0) is 29.1. The van der Waals surface area contributed by atoms with Crippen LogP contribution in [0.4, 0.5) is 11.9 Å². The average molecular weight is 564 g/mol. The lowest BCUT2D eigenvalue weighted by atomic mass is 9.72. The van der Waals surface area contributed by atoms with E-state index in [0.717, 1.165) is 37.8 Å². The molecular weight excluding hydrogens is 506 g/mol. The van der Waals surface area contributed by atoms with Crippen LogP contribution in [0.15, 0.2) is 0 Å². The van der Waals surface area contributed by atoms with Crippen LogP contribution >= 0.6 is 11.6 Å². The van der Waals surface area contributed by atoms with Crippen molar-refractivity contribution in [3.05, 3.63) is 5.28 Å². The summed E-state index contributed by atoms with van der Waals surface area (Å²) >= 11 is 6.21. The first-order chi connectivity index (χ1) is 18.0. The Morgan fingerprint density at radius 3 is 1.28 bits per heavy atom. The minimum absolute atomic E-state index is 0.238. The molecule has 1 aromatic heterocycles. The molecule has 0 aliphatic carbocycles. The predicted octanol–water partition coefficient (Wildman–Crippen LogP) is 7.49. The summed E-state index contributed by atoms with van der Waals surface area (Å²) in [6.45, 7) is 20.8. The van der Waals surface area contributed by atoms with Crippen LogP contribution in [0.2, 0.25) is 5.28 Å². The van der Waals surface area contributed by atoms with E-state index in [4.69, 9.17) is 11.6 Å². The summed E-state index contributed by atoms with van der Waals surface area (Å²) in [7, 11) is 4.56. The Labute approximate surface area is 244 Å². The molecule has 8 heteroatoms. The Morgan fingerprint density at radius 1 is 0.615 bits per heavy atom. The number of aromatic nitrogens is 3. The molecule has 2 aliphatic rings. The SMILES string of the molecule is CN1C(C)(C)CC(CCCCNc2nc(Cl)nc(NCCCCC3CC(C)(C)N(C)C(C)(C)C3)n2)CC1(C)C. The minimum Gasteiger partial charge on any atom is -0.354 e. The second kappa shape index (κ2) is 12.8. The highest BCUT2D eigenvalue weighted by molar-refractivity contribution is 6.28. The summed E-state index contributed by atoms with van der Waals surface area (Å²) in [6.07, 6.45) is 12.3. The molecule has 0 amide bonds. The Balaban J connectivity index is 1.35. The molecule has 7 nitrogen and oxygen atoms in total. The van der Waals surface area contributed by atoms with Gasteiger partial charge in [-0.1, -0.05) is 25.7 Å². The maximum Gasteiger partial charge on any atom is 0.228 e. The highest BCUT2D eigenvalue weighted by atomic mass is 35.5. The maximum atomic E-state index is 6.21. The number of rotatable bonds is 12. The zero-order valence-electron chi connectivity index (χ0n) is 26.8. The van der Waals surface area contributed by atoms with Crippen LogP contribution in [0.3, 0.4) is 0 Å². The van der Waals surface area contributed by atoms with Gasteiger partial charge in [-0.2, -0.15) is 15.0 Å². The van der Waals surface area contributed by atoms with E-state index >= 15 is 0 Å². The van der Waals surface area contributed by atoms with Crippen LogP contribution in [0.25, 0.3) is 0 Å². The van der Waals surface area contributed by atoms with Gasteiger partial charge in [0.2, 0.25) is 17.2 Å². The highest BCUT2D eigenvalue weighted by Gasteiger charge is 2.43. The van der Waals surface area contributed by atoms with E-state index in [-0.39, 0.29) is 27.4 Å². The molecule has 0 spiro atoms. The molecular formula is C31H58ClN7. The molecule has 224 valence electrons. The molecule has 0 saturated carbocycles. The third-order valence-electron chi connectivity index (χ3n) is 10.0. The molecule has 3 heterocycles. The molecule has 0 radical (unpaired) electrons. The fraction of sp³-hybridized carbons (Fsp3) is 0.903. The van der Waals surface area contributed by atoms with Gasteiger partial charge in [0, 0.05) is 35.2 Å². The monoisotopic (exact) mass is 563 g/mol. The van der Waals surface area contributed by atoms with Gasteiger partial charge in [0.15, 0.2) is 0 Å². The number of hydrogen-bond donors (Lipinski definition) is 2. The van der Waals surface area contributed by atoms with Crippen molar-refractivity contribution in [1.82, 2.24) is 24.8 Å². The Hall–Kier alpha value is -1.18. The van der Waals surface area contributed by atoms with E-state index in [1.54, 1.807) is 0 Å². The number of nitrogens with one attached hydrogen (secondary N) is 2. The van der Waals surface area contributed by atoms with E-state index in [0.29, 0.717) is 11.9 Å². The summed E-state index contributed by atoms with van der Waals surface area (Å²) in [5, 5.41) is 6.97. The summed E-state index contributed by atoms with van der Waals surface area (Å²) in [4.78, 5) is 18.3. The van der Waals surface area contributed by atoms with Crippen molar-refractivity contribution < 1.29 is 0 Å². The van der Waals surface area contributed by atoms with Crippen molar-refractivity contribution in [3.63, 3.8) is 0 Å². The van der Waals surface area contributed by atoms with E-state index < -0.39 is 0 Å². The van der Waals surface area contributed by atoms with Crippen LogP contribution < -0.4 is 10.6 Å². The standard InChI is InChI=1S/C31H58ClN7/c1-28(2)19-23(20-29(3,4)38(28)9)15-11-13-17-33-26-35-25(32)36-27(37-26)34-18-14-12-16-24-21-30(5,6)39(10)31(7,8)22-24/h23-24H,11-22H2,1-10H3,(H2,33,34,35,36,37). The molecule has 0 unspecified atom stereocenters. The van der Waals surface area contributed by atoms with Crippen molar-refractivity contribution in [2.75, 3.05) is 37.8 Å². The number of piperidine rings is 2. The lowest BCUT2D eigenvalue weighted by Crippen LogP contribution is -2.58. The van der Waals surface area contributed by atoms with Crippen LogP contribution in [0, 0.1) is 11.8 Å². The quantitative estimate of drug-likeness (QED) is 0.255. The lowest BCUT2D eigenvalue weighted by Gasteiger charge is -2.54. The zero-order valence-corrected chi connectivity index (χ0v) is 27.5. The van der Waals surface area contributed by atoms with E-state index in [2.05, 4.69) is 105 Å². The fourth-order valence-electron chi connectivity index (χ4n) is 7.59. The Kier molecular flexibility index (Phi) is 10.6. The number of unbranched alkanes of at least 4 members (excludes halogenated alkanes) is 2. The minimum atomic E-state index is 0.238. The molecule has 39 heavy (non-hydrogen) atoms. The molecule has 2 N–H and O–H groups in total. The number of likely N-dealkylation sites (tertiary alicyclic amines) is 2. The number of halogens is 1. The van der Waals surface area contributed by atoms with Crippen LogP contribution in [-0.2, 0) is 0 Å². The molecule has 2 aliphatic heterocycles. The summed E-state index contributed by atoms with van der Waals surface area (Å²) in [6, 6.07) is 0. The number of nitrogens with zero attached hydrogens (tertiary/aromatic N) is 5. The summed E-state index contributed by atoms with van der Waals surface area (Å²) < 4.78 is 0. The van der Waals surface area contributed by atoms with E-state index in [1.165, 1.54) is 51.4 Å². The van der Waals surface area contributed by atoms with Gasteiger partial charge in [0.05, 0.1) is 0 Å².